The highest BCUT2D eigenvalue weighted by Crippen LogP contribution is 2.52. The predicted molar refractivity (Wildman–Crippen MR) is 217 cm³/mol. The van der Waals surface area contributed by atoms with Crippen molar-refractivity contribution in [2.45, 2.75) is 13.8 Å². The standard InChI is InChI=1S/C46H30N6O4/c1-29-3-19-37(20-4-29)49-43(35-11-7-31(27-47)8-12-35)41(33-15-23-39(24-16-33)51(53)54)46-45(49)42(34-17-25-40(26-18-34)52(55)56)44(36-13-9-32(28-48)10-14-36)50(46)38-21-5-30(2)6-22-38/h3-26H,1-2H3. The largest absolute Gasteiger partial charge is 0.306 e. The number of hydrogen-bond donors (Lipinski definition) is 0. The minimum atomic E-state index is -0.428. The van der Waals surface area contributed by atoms with Gasteiger partial charge in [0, 0.05) is 46.8 Å². The third-order valence-corrected chi connectivity index (χ3v) is 9.96. The van der Waals surface area contributed by atoms with Gasteiger partial charge < -0.3 is 9.13 Å². The monoisotopic (exact) mass is 730 g/mol. The second-order valence-electron chi connectivity index (χ2n) is 13.5. The van der Waals surface area contributed by atoms with Gasteiger partial charge in [-0.05, 0) is 109 Å². The number of nitro benzene ring substituents is 2. The molecule has 2 heterocycles. The fourth-order valence-electron chi connectivity index (χ4n) is 7.25. The number of aromatic nitrogens is 2. The molecule has 0 saturated carbocycles. The summed E-state index contributed by atoms with van der Waals surface area (Å²) in [6, 6.07) is 48.3. The van der Waals surface area contributed by atoms with Crippen molar-refractivity contribution in [1.29, 1.82) is 10.5 Å². The number of non-ortho nitro benzene ring substituents is 2. The quantitative estimate of drug-likeness (QED) is 0.112. The first-order valence-electron chi connectivity index (χ1n) is 17.6. The van der Waals surface area contributed by atoms with Crippen LogP contribution < -0.4 is 0 Å². The highest BCUT2D eigenvalue weighted by molar-refractivity contribution is 6.15. The summed E-state index contributed by atoms with van der Waals surface area (Å²) in [5.41, 5.74) is 12.2. The van der Waals surface area contributed by atoms with E-state index in [1.807, 2.05) is 86.6 Å². The van der Waals surface area contributed by atoms with Crippen molar-refractivity contribution in [2.75, 3.05) is 0 Å². The Bertz CT molecular complexity index is 2690. The van der Waals surface area contributed by atoms with Crippen LogP contribution in [0.4, 0.5) is 11.4 Å². The Morgan fingerprint density at radius 1 is 0.446 bits per heavy atom. The molecule has 10 nitrogen and oxygen atoms in total. The molecular formula is C46H30N6O4. The van der Waals surface area contributed by atoms with Crippen LogP contribution >= 0.6 is 0 Å². The number of nitrogens with zero attached hydrogens (tertiary/aromatic N) is 6. The van der Waals surface area contributed by atoms with E-state index < -0.39 is 9.85 Å². The van der Waals surface area contributed by atoms with Crippen molar-refractivity contribution in [2.24, 2.45) is 0 Å². The summed E-state index contributed by atoms with van der Waals surface area (Å²) >= 11 is 0. The topological polar surface area (TPSA) is 144 Å². The lowest BCUT2D eigenvalue weighted by Gasteiger charge is -2.18. The van der Waals surface area contributed by atoms with Gasteiger partial charge in [0.15, 0.2) is 0 Å². The Balaban J connectivity index is 1.67. The molecule has 0 bridgehead atoms. The molecule has 0 N–H and O–H groups in total. The summed E-state index contributed by atoms with van der Waals surface area (Å²) in [7, 11) is 0. The molecule has 10 heteroatoms. The number of nitro groups is 2. The maximum absolute atomic E-state index is 11.9. The van der Waals surface area contributed by atoms with Crippen molar-refractivity contribution >= 4 is 22.4 Å². The van der Waals surface area contributed by atoms with Crippen molar-refractivity contribution < 1.29 is 9.85 Å². The number of aryl methyl sites for hydroxylation is 2. The van der Waals surface area contributed by atoms with Crippen LogP contribution in [0.15, 0.2) is 146 Å². The molecule has 6 aromatic carbocycles. The fourth-order valence-corrected chi connectivity index (χ4v) is 7.25. The molecule has 2 aromatic heterocycles. The van der Waals surface area contributed by atoms with Crippen LogP contribution in [0.2, 0.25) is 0 Å². The molecule has 8 rings (SSSR count). The lowest BCUT2D eigenvalue weighted by Crippen LogP contribution is -2.01. The average molecular weight is 731 g/mol. The highest BCUT2D eigenvalue weighted by Gasteiger charge is 2.32. The summed E-state index contributed by atoms with van der Waals surface area (Å²) in [6.07, 6.45) is 0. The minimum Gasteiger partial charge on any atom is -0.306 e. The zero-order chi connectivity index (χ0) is 39.1. The molecule has 268 valence electrons. The molecule has 0 fully saturated rings. The van der Waals surface area contributed by atoms with Crippen molar-refractivity contribution in [3.8, 4) is 68.3 Å². The van der Waals surface area contributed by atoms with E-state index in [0.29, 0.717) is 22.3 Å². The number of rotatable bonds is 8. The van der Waals surface area contributed by atoms with E-state index in [-0.39, 0.29) is 11.4 Å². The molecule has 0 spiro atoms. The minimum absolute atomic E-state index is 0.0540. The summed E-state index contributed by atoms with van der Waals surface area (Å²) in [5, 5.41) is 43.2. The number of nitriles is 2. The van der Waals surface area contributed by atoms with Gasteiger partial charge in [0.2, 0.25) is 0 Å². The van der Waals surface area contributed by atoms with Crippen molar-refractivity contribution in [1.82, 2.24) is 9.13 Å². The van der Waals surface area contributed by atoms with Gasteiger partial charge >= 0.3 is 0 Å². The van der Waals surface area contributed by atoms with E-state index in [1.54, 1.807) is 48.5 Å². The van der Waals surface area contributed by atoms with E-state index in [2.05, 4.69) is 21.3 Å². The van der Waals surface area contributed by atoms with Gasteiger partial charge in [-0.1, -0.05) is 59.7 Å². The molecule has 56 heavy (non-hydrogen) atoms. The van der Waals surface area contributed by atoms with Crippen LogP contribution in [0, 0.1) is 56.7 Å². The lowest BCUT2D eigenvalue weighted by atomic mass is 9.99. The molecule has 0 unspecified atom stereocenters. The van der Waals surface area contributed by atoms with Crippen LogP contribution in [-0.2, 0) is 0 Å². The van der Waals surface area contributed by atoms with Crippen molar-refractivity contribution in [3.05, 3.63) is 188 Å². The zero-order valence-corrected chi connectivity index (χ0v) is 30.2. The third kappa shape index (κ3) is 6.03. The summed E-state index contributed by atoms with van der Waals surface area (Å²) in [5.74, 6) is 0. The first-order valence-corrected chi connectivity index (χ1v) is 17.6. The number of hydrogen-bond acceptors (Lipinski definition) is 6. The Morgan fingerprint density at radius 2 is 0.750 bits per heavy atom. The summed E-state index contributed by atoms with van der Waals surface area (Å²) in [4.78, 5) is 22.9. The Hall–Kier alpha value is -8.08. The van der Waals surface area contributed by atoms with Gasteiger partial charge in [0.05, 0.1) is 55.5 Å². The van der Waals surface area contributed by atoms with E-state index in [9.17, 15) is 30.8 Å². The first-order chi connectivity index (χ1) is 27.2. The fraction of sp³-hybridized carbons (Fsp3) is 0.0435. The molecule has 0 aliphatic rings. The second-order valence-corrected chi connectivity index (χ2v) is 13.5. The smallest absolute Gasteiger partial charge is 0.269 e. The van der Waals surface area contributed by atoms with Gasteiger partial charge in [-0.3, -0.25) is 20.2 Å². The molecule has 0 radical (unpaired) electrons. The molecule has 0 aliphatic carbocycles. The third-order valence-electron chi connectivity index (χ3n) is 9.96. The first kappa shape index (κ1) is 35.0. The Kier molecular flexibility index (Phi) is 8.77. The Morgan fingerprint density at radius 3 is 1.04 bits per heavy atom. The van der Waals surface area contributed by atoms with E-state index >= 15 is 0 Å². The van der Waals surface area contributed by atoms with Gasteiger partial charge in [0.25, 0.3) is 11.4 Å². The van der Waals surface area contributed by atoms with Crippen LogP contribution in [0.5, 0.6) is 0 Å². The van der Waals surface area contributed by atoms with Crippen LogP contribution in [0.3, 0.4) is 0 Å². The van der Waals surface area contributed by atoms with Crippen molar-refractivity contribution in [3.63, 3.8) is 0 Å². The van der Waals surface area contributed by atoms with Crippen LogP contribution in [0.1, 0.15) is 22.3 Å². The average Bonchev–Trinajstić information content (AvgIpc) is 3.74. The molecule has 0 amide bonds. The maximum Gasteiger partial charge on any atom is 0.269 e. The van der Waals surface area contributed by atoms with Gasteiger partial charge in [-0.15, -0.1) is 0 Å². The SMILES string of the molecule is Cc1ccc(-n2c(-c3ccc(C#N)cc3)c(-c3ccc([N+](=O)[O-])cc3)c3c2c(-c2ccc([N+](=O)[O-])cc2)c(-c2ccc(C#N)cc2)n3-c2ccc(C)cc2)cc1. The molecule has 8 aromatic rings. The lowest BCUT2D eigenvalue weighted by molar-refractivity contribution is -0.385. The second kappa shape index (κ2) is 14.0. The zero-order valence-electron chi connectivity index (χ0n) is 30.2. The summed E-state index contributed by atoms with van der Waals surface area (Å²) in [6.45, 7) is 4.02. The normalized spacial score (nSPS) is 10.9. The molecule has 0 saturated heterocycles. The molecule has 0 aliphatic heterocycles. The number of benzene rings is 6. The predicted octanol–water partition coefficient (Wildman–Crippen LogP) is 11.3. The number of fused-ring (bicyclic) bond motifs is 1. The van der Waals surface area contributed by atoms with Gasteiger partial charge in [0.1, 0.15) is 0 Å². The van der Waals surface area contributed by atoms with E-state index in [0.717, 1.165) is 67.2 Å². The van der Waals surface area contributed by atoms with E-state index in [4.69, 9.17) is 0 Å². The molecule has 0 atom stereocenters. The summed E-state index contributed by atoms with van der Waals surface area (Å²) < 4.78 is 4.34. The highest BCUT2D eigenvalue weighted by atomic mass is 16.6. The molecular weight excluding hydrogens is 701 g/mol. The maximum atomic E-state index is 11.9. The van der Waals surface area contributed by atoms with E-state index in [1.165, 1.54) is 24.3 Å². The van der Waals surface area contributed by atoms with Gasteiger partial charge in [-0.2, -0.15) is 10.5 Å². The van der Waals surface area contributed by atoms with Gasteiger partial charge in [-0.25, -0.2) is 0 Å². The Labute approximate surface area is 321 Å². The van der Waals surface area contributed by atoms with Crippen LogP contribution in [0.25, 0.3) is 67.2 Å². The van der Waals surface area contributed by atoms with Crippen LogP contribution in [-0.4, -0.2) is 19.0 Å².